The lowest BCUT2D eigenvalue weighted by atomic mass is 10.1. The van der Waals surface area contributed by atoms with E-state index in [0.29, 0.717) is 39.2 Å². The van der Waals surface area contributed by atoms with Gasteiger partial charge in [0.25, 0.3) is 5.91 Å². The van der Waals surface area contributed by atoms with Crippen LogP contribution in [0, 0.1) is 6.92 Å². The van der Waals surface area contributed by atoms with Crippen molar-refractivity contribution < 1.29 is 14.3 Å². The van der Waals surface area contributed by atoms with Crippen molar-refractivity contribution in [2.75, 3.05) is 32.8 Å². The van der Waals surface area contributed by atoms with Crippen molar-refractivity contribution in [3.05, 3.63) is 40.2 Å². The average molecular weight is 400 g/mol. The van der Waals surface area contributed by atoms with Crippen LogP contribution < -0.4 is 0 Å². The van der Waals surface area contributed by atoms with Crippen molar-refractivity contribution in [2.24, 2.45) is 0 Å². The van der Waals surface area contributed by atoms with E-state index in [4.69, 9.17) is 4.74 Å². The zero-order valence-corrected chi connectivity index (χ0v) is 16.9. The molecular weight excluding hydrogens is 374 g/mol. The molecule has 0 radical (unpaired) electrons. The summed E-state index contributed by atoms with van der Waals surface area (Å²) in [6.07, 6.45) is 1.88. The Morgan fingerprint density at radius 2 is 1.86 bits per heavy atom. The van der Waals surface area contributed by atoms with Gasteiger partial charge >= 0.3 is 0 Å². The topological polar surface area (TPSA) is 62.7 Å². The molecule has 2 fully saturated rings. The second kappa shape index (κ2) is 8.41. The lowest BCUT2D eigenvalue weighted by Gasteiger charge is -2.35. The predicted octanol–water partition coefficient (Wildman–Crippen LogP) is 2.51. The molecule has 0 spiro atoms. The highest BCUT2D eigenvalue weighted by atomic mass is 32.1. The Kier molecular flexibility index (Phi) is 5.73. The molecule has 0 saturated carbocycles. The van der Waals surface area contributed by atoms with Crippen molar-refractivity contribution >= 4 is 23.2 Å². The van der Waals surface area contributed by atoms with Crippen LogP contribution in [-0.2, 0) is 20.7 Å². The lowest BCUT2D eigenvalue weighted by molar-refractivity contribution is -0.145. The summed E-state index contributed by atoms with van der Waals surface area (Å²) in [5.41, 5.74) is 3.05. The summed E-state index contributed by atoms with van der Waals surface area (Å²) in [5, 5.41) is 3.10. The molecule has 3 heterocycles. The molecule has 148 valence electrons. The van der Waals surface area contributed by atoms with Crippen LogP contribution in [-0.4, -0.2) is 65.5 Å². The number of hydrogen-bond acceptors (Lipinski definition) is 5. The third-order valence-corrected chi connectivity index (χ3v) is 6.15. The summed E-state index contributed by atoms with van der Waals surface area (Å²) in [6.45, 7) is 5.03. The minimum Gasteiger partial charge on any atom is -0.368 e. The van der Waals surface area contributed by atoms with Gasteiger partial charge in [0.15, 0.2) is 0 Å². The number of hydrogen-bond donors (Lipinski definition) is 0. The Morgan fingerprint density at radius 1 is 1.14 bits per heavy atom. The number of carbonyl (C=O) groups is 2. The first kappa shape index (κ1) is 19.1. The van der Waals surface area contributed by atoms with Crippen LogP contribution in [0.3, 0.4) is 0 Å². The highest BCUT2D eigenvalue weighted by Crippen LogP contribution is 2.22. The molecule has 0 N–H and O–H groups in total. The van der Waals surface area contributed by atoms with Crippen molar-refractivity contribution in [1.82, 2.24) is 14.8 Å². The molecule has 6 nitrogen and oxygen atoms in total. The van der Waals surface area contributed by atoms with Crippen LogP contribution in [0.2, 0.25) is 0 Å². The minimum atomic E-state index is -0.276. The van der Waals surface area contributed by atoms with Crippen molar-refractivity contribution in [3.8, 4) is 11.3 Å². The predicted molar refractivity (Wildman–Crippen MR) is 108 cm³/mol. The van der Waals surface area contributed by atoms with Crippen molar-refractivity contribution in [1.29, 1.82) is 0 Å². The van der Waals surface area contributed by atoms with Crippen LogP contribution in [0.15, 0.2) is 29.6 Å². The molecule has 1 aromatic heterocycles. The van der Waals surface area contributed by atoms with Gasteiger partial charge in [-0.3, -0.25) is 9.59 Å². The summed E-state index contributed by atoms with van der Waals surface area (Å²) in [4.78, 5) is 33.2. The van der Waals surface area contributed by atoms with E-state index < -0.39 is 0 Å². The first-order valence-electron chi connectivity index (χ1n) is 9.80. The maximum atomic E-state index is 12.6. The molecule has 2 aromatic rings. The van der Waals surface area contributed by atoms with E-state index in [1.165, 1.54) is 0 Å². The highest BCUT2D eigenvalue weighted by molar-refractivity contribution is 7.09. The highest BCUT2D eigenvalue weighted by Gasteiger charge is 2.31. The number of aromatic nitrogens is 1. The van der Waals surface area contributed by atoms with Gasteiger partial charge in [0, 0.05) is 43.7 Å². The van der Waals surface area contributed by atoms with E-state index in [9.17, 15) is 9.59 Å². The zero-order valence-electron chi connectivity index (χ0n) is 16.1. The number of nitrogens with zero attached hydrogens (tertiary/aromatic N) is 3. The minimum absolute atomic E-state index is 0.0810. The van der Waals surface area contributed by atoms with Gasteiger partial charge in [-0.2, -0.15) is 0 Å². The molecule has 1 aromatic carbocycles. The number of benzene rings is 1. The number of piperazine rings is 1. The van der Waals surface area contributed by atoms with Crippen molar-refractivity contribution in [3.63, 3.8) is 0 Å². The third kappa shape index (κ3) is 4.25. The van der Waals surface area contributed by atoms with Gasteiger partial charge in [0.2, 0.25) is 5.91 Å². The molecule has 2 saturated heterocycles. The summed E-state index contributed by atoms with van der Waals surface area (Å²) in [5.74, 6) is 0.193. The number of thiazole rings is 1. The largest absolute Gasteiger partial charge is 0.368 e. The Bertz CT molecular complexity index is 835. The monoisotopic (exact) mass is 399 g/mol. The Labute approximate surface area is 169 Å². The lowest BCUT2D eigenvalue weighted by Crippen LogP contribution is -2.53. The fourth-order valence-electron chi connectivity index (χ4n) is 3.73. The summed E-state index contributed by atoms with van der Waals surface area (Å²) >= 11 is 1.64. The summed E-state index contributed by atoms with van der Waals surface area (Å²) in [6, 6.07) is 8.04. The Balaban J connectivity index is 1.29. The molecule has 2 amide bonds. The van der Waals surface area contributed by atoms with Gasteiger partial charge in [-0.15, -0.1) is 11.3 Å². The standard InChI is InChI=1S/C21H25N3O3S/c1-15-22-18(14-28-15)17-6-4-16(5-7-17)13-20(25)23-8-10-24(11-9-23)21(26)19-3-2-12-27-19/h4-7,14,19H,2-3,8-13H2,1H3. The van der Waals surface area contributed by atoms with E-state index in [0.717, 1.165) is 34.7 Å². The Hall–Kier alpha value is -2.25. The molecule has 2 aliphatic rings. The Morgan fingerprint density at radius 3 is 2.46 bits per heavy atom. The molecular formula is C21H25N3O3S. The van der Waals surface area contributed by atoms with E-state index in [1.54, 1.807) is 11.3 Å². The molecule has 2 aliphatic heterocycles. The van der Waals surface area contributed by atoms with Gasteiger partial charge in [0.05, 0.1) is 17.1 Å². The fraction of sp³-hybridized carbons (Fsp3) is 0.476. The SMILES string of the molecule is Cc1nc(-c2ccc(CC(=O)N3CCN(C(=O)C4CCCO4)CC3)cc2)cs1. The fourth-order valence-corrected chi connectivity index (χ4v) is 4.35. The first-order valence-corrected chi connectivity index (χ1v) is 10.7. The normalized spacial score (nSPS) is 19.8. The average Bonchev–Trinajstić information content (AvgIpc) is 3.40. The number of carbonyl (C=O) groups excluding carboxylic acids is 2. The number of amides is 2. The molecule has 0 bridgehead atoms. The smallest absolute Gasteiger partial charge is 0.251 e. The van der Waals surface area contributed by atoms with Gasteiger partial charge in [-0.1, -0.05) is 24.3 Å². The first-order chi connectivity index (χ1) is 13.6. The van der Waals surface area contributed by atoms with E-state index in [-0.39, 0.29) is 17.9 Å². The van der Waals surface area contributed by atoms with Crippen LogP contribution >= 0.6 is 11.3 Å². The summed E-state index contributed by atoms with van der Waals surface area (Å²) in [7, 11) is 0. The van der Waals surface area contributed by atoms with Crippen LogP contribution in [0.25, 0.3) is 11.3 Å². The molecule has 0 aliphatic carbocycles. The van der Waals surface area contributed by atoms with Crippen LogP contribution in [0.4, 0.5) is 0 Å². The quantitative estimate of drug-likeness (QED) is 0.793. The van der Waals surface area contributed by atoms with E-state index in [1.807, 2.05) is 46.4 Å². The molecule has 1 atom stereocenters. The van der Waals surface area contributed by atoms with Gasteiger partial charge in [0.1, 0.15) is 6.10 Å². The molecule has 28 heavy (non-hydrogen) atoms. The number of rotatable bonds is 4. The number of ether oxygens (including phenoxy) is 1. The van der Waals surface area contributed by atoms with E-state index in [2.05, 4.69) is 4.98 Å². The molecule has 1 unspecified atom stereocenters. The summed E-state index contributed by atoms with van der Waals surface area (Å²) < 4.78 is 5.49. The van der Waals surface area contributed by atoms with Gasteiger partial charge in [-0.05, 0) is 25.3 Å². The second-order valence-corrected chi connectivity index (χ2v) is 8.40. The van der Waals surface area contributed by atoms with Crippen LogP contribution in [0.5, 0.6) is 0 Å². The zero-order chi connectivity index (χ0) is 19.5. The van der Waals surface area contributed by atoms with Gasteiger partial charge < -0.3 is 14.5 Å². The number of aryl methyl sites for hydroxylation is 1. The maximum absolute atomic E-state index is 12.6. The maximum Gasteiger partial charge on any atom is 0.251 e. The van der Waals surface area contributed by atoms with Gasteiger partial charge in [-0.25, -0.2) is 4.98 Å². The second-order valence-electron chi connectivity index (χ2n) is 7.33. The van der Waals surface area contributed by atoms with Crippen molar-refractivity contribution in [2.45, 2.75) is 32.3 Å². The van der Waals surface area contributed by atoms with E-state index >= 15 is 0 Å². The van der Waals surface area contributed by atoms with Crippen LogP contribution in [0.1, 0.15) is 23.4 Å². The molecule has 4 rings (SSSR count). The molecule has 7 heteroatoms. The third-order valence-electron chi connectivity index (χ3n) is 5.37.